The van der Waals surface area contributed by atoms with Crippen LogP contribution in [-0.2, 0) is 4.79 Å². The van der Waals surface area contributed by atoms with E-state index in [1.165, 1.54) is 6.07 Å². The lowest BCUT2D eigenvalue weighted by atomic mass is 10.2. The van der Waals surface area contributed by atoms with Gasteiger partial charge < -0.3 is 10.2 Å². The molecule has 1 fully saturated rings. The summed E-state index contributed by atoms with van der Waals surface area (Å²) in [5.41, 5.74) is 0.767. The number of benzene rings is 1. The molecule has 1 aliphatic rings. The van der Waals surface area contributed by atoms with E-state index in [9.17, 15) is 14.9 Å². The third kappa shape index (κ3) is 4.05. The van der Waals surface area contributed by atoms with Crippen LogP contribution in [0.3, 0.4) is 0 Å². The van der Waals surface area contributed by atoms with E-state index < -0.39 is 0 Å². The Labute approximate surface area is 129 Å². The van der Waals surface area contributed by atoms with Gasteiger partial charge in [-0.15, -0.1) is 6.58 Å². The molecular weight excluding hydrogens is 284 g/mol. The van der Waals surface area contributed by atoms with E-state index in [4.69, 9.17) is 0 Å². The van der Waals surface area contributed by atoms with E-state index in [-0.39, 0.29) is 16.5 Å². The number of carbonyl (C=O) groups excluding carboxylic acids is 1. The number of rotatable bonds is 6. The summed E-state index contributed by atoms with van der Waals surface area (Å²) in [4.78, 5) is 26.4. The van der Waals surface area contributed by atoms with E-state index in [0.29, 0.717) is 45.0 Å². The number of nitro benzene ring substituents is 1. The highest BCUT2D eigenvalue weighted by Crippen LogP contribution is 2.28. The molecule has 118 valence electrons. The molecule has 0 atom stereocenters. The zero-order valence-electron chi connectivity index (χ0n) is 12.4. The van der Waals surface area contributed by atoms with Gasteiger partial charge in [-0.25, -0.2) is 0 Å². The SMILES string of the molecule is C=CCNC(=O)CN1CCN(c2ccccc2[N+](=O)[O-])CC1. The molecule has 22 heavy (non-hydrogen) atoms. The fourth-order valence-corrected chi connectivity index (χ4v) is 2.48. The van der Waals surface area contributed by atoms with Crippen LogP contribution in [0.5, 0.6) is 0 Å². The molecule has 0 spiro atoms. The zero-order chi connectivity index (χ0) is 15.9. The molecule has 0 aliphatic carbocycles. The molecule has 7 heteroatoms. The first-order valence-electron chi connectivity index (χ1n) is 7.20. The topological polar surface area (TPSA) is 78.7 Å². The maximum Gasteiger partial charge on any atom is 0.292 e. The van der Waals surface area contributed by atoms with E-state index in [2.05, 4.69) is 11.9 Å². The summed E-state index contributed by atoms with van der Waals surface area (Å²) < 4.78 is 0. The number of hydrogen-bond acceptors (Lipinski definition) is 5. The van der Waals surface area contributed by atoms with Gasteiger partial charge in [0.15, 0.2) is 0 Å². The number of nitro groups is 1. The van der Waals surface area contributed by atoms with Crippen molar-refractivity contribution >= 4 is 17.3 Å². The minimum Gasteiger partial charge on any atom is -0.363 e. The van der Waals surface area contributed by atoms with Crippen molar-refractivity contribution in [1.29, 1.82) is 0 Å². The number of para-hydroxylation sites is 2. The number of anilines is 1. The largest absolute Gasteiger partial charge is 0.363 e. The lowest BCUT2D eigenvalue weighted by Gasteiger charge is -2.35. The minimum atomic E-state index is -0.357. The van der Waals surface area contributed by atoms with Gasteiger partial charge in [0.2, 0.25) is 5.91 Å². The van der Waals surface area contributed by atoms with Crippen LogP contribution in [0, 0.1) is 10.1 Å². The van der Waals surface area contributed by atoms with E-state index in [1.807, 2.05) is 9.80 Å². The highest BCUT2D eigenvalue weighted by Gasteiger charge is 2.23. The second kappa shape index (κ2) is 7.56. The molecule has 0 bridgehead atoms. The number of carbonyl (C=O) groups is 1. The third-order valence-corrected chi connectivity index (χ3v) is 3.60. The van der Waals surface area contributed by atoms with Crippen molar-refractivity contribution < 1.29 is 9.72 Å². The summed E-state index contributed by atoms with van der Waals surface area (Å²) in [5.74, 6) is -0.0287. The Morgan fingerprint density at radius 2 is 2.00 bits per heavy atom. The average molecular weight is 304 g/mol. The number of hydrogen-bond donors (Lipinski definition) is 1. The molecule has 1 aliphatic heterocycles. The number of nitrogens with one attached hydrogen (secondary N) is 1. The second-order valence-corrected chi connectivity index (χ2v) is 5.10. The van der Waals surface area contributed by atoms with Crippen molar-refractivity contribution in [1.82, 2.24) is 10.2 Å². The molecule has 1 N–H and O–H groups in total. The Morgan fingerprint density at radius 3 is 2.64 bits per heavy atom. The van der Waals surface area contributed by atoms with Gasteiger partial charge in [0.25, 0.3) is 5.69 Å². The van der Waals surface area contributed by atoms with Crippen molar-refractivity contribution in [2.75, 3.05) is 44.2 Å². The van der Waals surface area contributed by atoms with Crippen LogP contribution < -0.4 is 10.2 Å². The lowest BCUT2D eigenvalue weighted by Crippen LogP contribution is -2.49. The summed E-state index contributed by atoms with van der Waals surface area (Å²) in [5, 5.41) is 13.8. The molecule has 0 radical (unpaired) electrons. The first-order chi connectivity index (χ1) is 10.6. The monoisotopic (exact) mass is 304 g/mol. The Balaban J connectivity index is 1.91. The molecule has 2 rings (SSSR count). The fraction of sp³-hybridized carbons (Fsp3) is 0.400. The molecule has 0 saturated carbocycles. The highest BCUT2D eigenvalue weighted by atomic mass is 16.6. The highest BCUT2D eigenvalue weighted by molar-refractivity contribution is 5.78. The molecule has 1 aromatic rings. The van der Waals surface area contributed by atoms with E-state index >= 15 is 0 Å². The Kier molecular flexibility index (Phi) is 5.48. The van der Waals surface area contributed by atoms with Crippen molar-refractivity contribution in [3.63, 3.8) is 0 Å². The van der Waals surface area contributed by atoms with Crippen molar-refractivity contribution in [3.8, 4) is 0 Å². The van der Waals surface area contributed by atoms with Crippen molar-refractivity contribution in [3.05, 3.63) is 47.0 Å². The maximum atomic E-state index is 11.7. The molecule has 1 amide bonds. The molecule has 1 aromatic carbocycles. The number of nitrogens with zero attached hydrogens (tertiary/aromatic N) is 3. The van der Waals surface area contributed by atoms with Crippen LogP contribution in [0.25, 0.3) is 0 Å². The summed E-state index contributed by atoms with van der Waals surface area (Å²) in [6.07, 6.45) is 1.64. The lowest BCUT2D eigenvalue weighted by molar-refractivity contribution is -0.384. The average Bonchev–Trinajstić information content (AvgIpc) is 2.53. The van der Waals surface area contributed by atoms with Crippen LogP contribution in [0.4, 0.5) is 11.4 Å². The van der Waals surface area contributed by atoms with Crippen LogP contribution in [0.2, 0.25) is 0 Å². The molecule has 7 nitrogen and oxygen atoms in total. The second-order valence-electron chi connectivity index (χ2n) is 5.10. The van der Waals surface area contributed by atoms with Gasteiger partial charge in [0.05, 0.1) is 11.5 Å². The Morgan fingerprint density at radius 1 is 1.32 bits per heavy atom. The number of amides is 1. The first-order valence-corrected chi connectivity index (χ1v) is 7.20. The van der Waals surface area contributed by atoms with Crippen LogP contribution >= 0.6 is 0 Å². The van der Waals surface area contributed by atoms with Gasteiger partial charge in [-0.2, -0.15) is 0 Å². The summed E-state index contributed by atoms with van der Waals surface area (Å²) in [6.45, 7) is 7.10. The van der Waals surface area contributed by atoms with Gasteiger partial charge in [-0.1, -0.05) is 18.2 Å². The predicted molar refractivity (Wildman–Crippen MR) is 85.0 cm³/mol. The van der Waals surface area contributed by atoms with Gasteiger partial charge in [0.1, 0.15) is 5.69 Å². The van der Waals surface area contributed by atoms with Gasteiger partial charge in [-0.05, 0) is 6.07 Å². The molecule has 0 aromatic heterocycles. The van der Waals surface area contributed by atoms with Crippen LogP contribution in [-0.4, -0.2) is 55.0 Å². The molecule has 0 unspecified atom stereocenters. The zero-order valence-corrected chi connectivity index (χ0v) is 12.4. The number of piperazine rings is 1. The minimum absolute atomic E-state index is 0.0287. The Hall–Kier alpha value is -2.41. The van der Waals surface area contributed by atoms with Crippen molar-refractivity contribution in [2.45, 2.75) is 0 Å². The molecule has 1 heterocycles. The molecule has 1 saturated heterocycles. The van der Waals surface area contributed by atoms with Crippen molar-refractivity contribution in [2.24, 2.45) is 0 Å². The van der Waals surface area contributed by atoms with E-state index in [1.54, 1.807) is 24.3 Å². The van der Waals surface area contributed by atoms with Gasteiger partial charge >= 0.3 is 0 Å². The smallest absolute Gasteiger partial charge is 0.292 e. The van der Waals surface area contributed by atoms with Gasteiger partial charge in [-0.3, -0.25) is 19.8 Å². The standard InChI is InChI=1S/C15H20N4O3/c1-2-7-16-15(20)12-17-8-10-18(11-9-17)13-5-3-4-6-14(13)19(21)22/h2-6H,1,7-12H2,(H,16,20). The normalized spacial score (nSPS) is 15.4. The van der Waals surface area contributed by atoms with E-state index in [0.717, 1.165) is 0 Å². The quantitative estimate of drug-likeness (QED) is 0.482. The third-order valence-electron chi connectivity index (χ3n) is 3.60. The van der Waals surface area contributed by atoms with Crippen LogP contribution in [0.15, 0.2) is 36.9 Å². The summed E-state index contributed by atoms with van der Waals surface area (Å²) in [7, 11) is 0. The summed E-state index contributed by atoms with van der Waals surface area (Å²) >= 11 is 0. The van der Waals surface area contributed by atoms with Crippen LogP contribution in [0.1, 0.15) is 0 Å². The fourth-order valence-electron chi connectivity index (χ4n) is 2.48. The maximum absolute atomic E-state index is 11.7. The Bertz CT molecular complexity index is 553. The predicted octanol–water partition coefficient (Wildman–Crippen LogP) is 1.02. The first kappa shape index (κ1) is 16.0. The molecular formula is C15H20N4O3. The van der Waals surface area contributed by atoms with Gasteiger partial charge in [0, 0.05) is 38.8 Å². The summed E-state index contributed by atoms with van der Waals surface area (Å²) in [6, 6.07) is 6.76.